The highest BCUT2D eigenvalue weighted by molar-refractivity contribution is 5.90. The fraction of sp³-hybridized carbons (Fsp3) is 0.182. The molecule has 1 fully saturated rings. The zero-order chi connectivity index (χ0) is 21.5. The molecule has 5 rings (SSSR count). The molecule has 31 heavy (non-hydrogen) atoms. The monoisotopic (exact) mass is 421 g/mol. The van der Waals surface area contributed by atoms with E-state index < -0.39 is 23.1 Å². The molecule has 1 saturated carbocycles. The van der Waals surface area contributed by atoms with E-state index in [2.05, 4.69) is 15.5 Å². The number of carbonyl (C=O) groups excluding carboxylic acids is 1. The number of nitrogens with zero attached hydrogens (tertiary/aromatic N) is 4. The molecule has 0 aliphatic heterocycles. The maximum absolute atomic E-state index is 13.4. The van der Waals surface area contributed by atoms with Gasteiger partial charge in [0.25, 0.3) is 5.56 Å². The van der Waals surface area contributed by atoms with E-state index >= 15 is 0 Å². The van der Waals surface area contributed by atoms with E-state index in [1.807, 2.05) is 0 Å². The van der Waals surface area contributed by atoms with Gasteiger partial charge in [0.2, 0.25) is 5.91 Å². The van der Waals surface area contributed by atoms with Gasteiger partial charge in [-0.1, -0.05) is 6.07 Å². The molecule has 2 heterocycles. The zero-order valence-corrected chi connectivity index (χ0v) is 16.3. The third-order valence-electron chi connectivity index (χ3n) is 5.15. The van der Waals surface area contributed by atoms with Gasteiger partial charge in [0.05, 0.1) is 17.6 Å². The highest BCUT2D eigenvalue weighted by Crippen LogP contribution is 2.41. The smallest absolute Gasteiger partial charge is 0.293 e. The van der Waals surface area contributed by atoms with E-state index in [0.29, 0.717) is 16.8 Å². The predicted octanol–water partition coefficient (Wildman–Crippen LogP) is 3.38. The van der Waals surface area contributed by atoms with Crippen LogP contribution in [0, 0.1) is 11.6 Å². The number of benzene rings is 2. The minimum atomic E-state index is -0.505. The van der Waals surface area contributed by atoms with Crippen LogP contribution in [0.3, 0.4) is 0 Å². The molecular weight excluding hydrogens is 404 g/mol. The number of aromatic nitrogens is 4. The van der Waals surface area contributed by atoms with Crippen LogP contribution in [0.4, 0.5) is 14.5 Å². The van der Waals surface area contributed by atoms with Gasteiger partial charge in [-0.05, 0) is 55.3 Å². The van der Waals surface area contributed by atoms with Crippen molar-refractivity contribution in [3.63, 3.8) is 0 Å². The third-order valence-corrected chi connectivity index (χ3v) is 5.15. The van der Waals surface area contributed by atoms with E-state index in [-0.39, 0.29) is 23.7 Å². The van der Waals surface area contributed by atoms with Gasteiger partial charge in [-0.15, -0.1) is 0 Å². The lowest BCUT2D eigenvalue weighted by Crippen LogP contribution is -2.31. The molecule has 0 atom stereocenters. The number of hydrogen-bond acceptors (Lipinski definition) is 4. The van der Waals surface area contributed by atoms with Crippen LogP contribution >= 0.6 is 0 Å². The molecule has 1 N–H and O–H groups in total. The number of hydrogen-bond donors (Lipinski definition) is 1. The maximum Gasteiger partial charge on any atom is 0.293 e. The van der Waals surface area contributed by atoms with Gasteiger partial charge >= 0.3 is 0 Å². The topological polar surface area (TPSA) is 81.8 Å². The number of halogens is 2. The number of amides is 1. The molecule has 0 unspecified atom stereocenters. The van der Waals surface area contributed by atoms with Crippen LogP contribution in [-0.4, -0.2) is 25.5 Å². The number of nitrogens with one attached hydrogen (secondary N) is 1. The van der Waals surface area contributed by atoms with Crippen molar-refractivity contribution in [1.82, 2.24) is 19.6 Å². The van der Waals surface area contributed by atoms with E-state index in [4.69, 9.17) is 0 Å². The van der Waals surface area contributed by atoms with Crippen LogP contribution in [0.1, 0.15) is 24.5 Å². The van der Waals surface area contributed by atoms with Crippen molar-refractivity contribution in [2.24, 2.45) is 0 Å². The number of rotatable bonds is 5. The summed E-state index contributed by atoms with van der Waals surface area (Å²) in [4.78, 5) is 25.7. The van der Waals surface area contributed by atoms with Crippen molar-refractivity contribution in [3.05, 3.63) is 82.4 Å². The van der Waals surface area contributed by atoms with Crippen molar-refractivity contribution < 1.29 is 13.6 Å². The lowest BCUT2D eigenvalue weighted by molar-refractivity contribution is -0.117. The second kappa shape index (κ2) is 7.42. The summed E-state index contributed by atoms with van der Waals surface area (Å²) in [5.74, 6) is -1.18. The predicted molar refractivity (Wildman–Crippen MR) is 110 cm³/mol. The number of carbonyl (C=O) groups is 1. The van der Waals surface area contributed by atoms with Crippen molar-refractivity contribution in [1.29, 1.82) is 0 Å². The Morgan fingerprint density at radius 3 is 2.58 bits per heavy atom. The SMILES string of the molecule is O=C(Cn1nc(C2CC2)c2cnn(-c3ccc(F)cc3)c2c1=O)Nc1cccc(F)c1. The van der Waals surface area contributed by atoms with Crippen molar-refractivity contribution in [3.8, 4) is 5.69 Å². The van der Waals surface area contributed by atoms with E-state index in [1.54, 1.807) is 12.3 Å². The van der Waals surface area contributed by atoms with Gasteiger partial charge in [0, 0.05) is 17.0 Å². The van der Waals surface area contributed by atoms with Gasteiger partial charge in [0.1, 0.15) is 23.7 Å². The van der Waals surface area contributed by atoms with Crippen molar-refractivity contribution in [2.75, 3.05) is 5.32 Å². The molecule has 1 aliphatic rings. The van der Waals surface area contributed by atoms with Gasteiger partial charge < -0.3 is 5.32 Å². The molecule has 0 radical (unpaired) electrons. The van der Waals surface area contributed by atoms with E-state index in [9.17, 15) is 18.4 Å². The minimum absolute atomic E-state index is 0.200. The molecule has 156 valence electrons. The van der Waals surface area contributed by atoms with Crippen LogP contribution in [0.2, 0.25) is 0 Å². The van der Waals surface area contributed by atoms with E-state index in [1.165, 1.54) is 47.1 Å². The molecule has 1 amide bonds. The van der Waals surface area contributed by atoms with Gasteiger partial charge in [0.15, 0.2) is 0 Å². The number of fused-ring (bicyclic) bond motifs is 1. The van der Waals surface area contributed by atoms with Crippen molar-refractivity contribution >= 4 is 22.5 Å². The first-order valence-electron chi connectivity index (χ1n) is 9.80. The molecule has 4 aromatic rings. The molecule has 7 nitrogen and oxygen atoms in total. The second-order valence-corrected chi connectivity index (χ2v) is 7.48. The summed E-state index contributed by atoms with van der Waals surface area (Å²) >= 11 is 0. The normalized spacial score (nSPS) is 13.5. The molecule has 0 saturated heterocycles. The molecule has 2 aromatic carbocycles. The summed E-state index contributed by atoms with van der Waals surface area (Å²) in [5, 5.41) is 12.0. The standard InChI is InChI=1S/C22H17F2N5O2/c23-14-6-8-17(9-7-14)29-21-18(11-25-29)20(13-4-5-13)27-28(22(21)31)12-19(30)26-16-3-1-2-15(24)10-16/h1-3,6-11,13H,4-5,12H2,(H,26,30). The lowest BCUT2D eigenvalue weighted by atomic mass is 10.2. The van der Waals surface area contributed by atoms with Crippen LogP contribution in [0.5, 0.6) is 0 Å². The maximum atomic E-state index is 13.4. The molecule has 0 bridgehead atoms. The summed E-state index contributed by atoms with van der Waals surface area (Å²) in [7, 11) is 0. The Morgan fingerprint density at radius 2 is 1.87 bits per heavy atom. The fourth-order valence-electron chi connectivity index (χ4n) is 3.54. The summed E-state index contributed by atoms with van der Waals surface area (Å²) < 4.78 is 29.3. The largest absolute Gasteiger partial charge is 0.324 e. The van der Waals surface area contributed by atoms with Crippen LogP contribution in [0.25, 0.3) is 16.6 Å². The van der Waals surface area contributed by atoms with Gasteiger partial charge in [-0.3, -0.25) is 9.59 Å². The van der Waals surface area contributed by atoms with Crippen LogP contribution in [-0.2, 0) is 11.3 Å². The lowest BCUT2D eigenvalue weighted by Gasteiger charge is -2.10. The first kappa shape index (κ1) is 19.1. The van der Waals surface area contributed by atoms with E-state index in [0.717, 1.165) is 17.5 Å². The van der Waals surface area contributed by atoms with Crippen LogP contribution in [0.15, 0.2) is 59.5 Å². The Kier molecular flexibility index (Phi) is 4.58. The average molecular weight is 421 g/mol. The van der Waals surface area contributed by atoms with Crippen LogP contribution < -0.4 is 10.9 Å². The Hall–Kier alpha value is -3.88. The summed E-state index contributed by atoms with van der Waals surface area (Å²) in [6.07, 6.45) is 3.47. The highest BCUT2D eigenvalue weighted by atomic mass is 19.1. The first-order valence-corrected chi connectivity index (χ1v) is 9.80. The Bertz CT molecular complexity index is 1360. The highest BCUT2D eigenvalue weighted by Gasteiger charge is 2.30. The third kappa shape index (κ3) is 3.70. The molecule has 1 aliphatic carbocycles. The Balaban J connectivity index is 1.56. The fourth-order valence-corrected chi connectivity index (χ4v) is 3.54. The van der Waals surface area contributed by atoms with Gasteiger partial charge in [-0.25, -0.2) is 18.1 Å². The average Bonchev–Trinajstić information content (AvgIpc) is 3.49. The molecular formula is C22H17F2N5O2. The number of anilines is 1. The Morgan fingerprint density at radius 1 is 1.10 bits per heavy atom. The molecule has 9 heteroatoms. The Labute approximate surface area is 174 Å². The minimum Gasteiger partial charge on any atom is -0.324 e. The molecule has 2 aromatic heterocycles. The first-order chi connectivity index (χ1) is 15.0. The zero-order valence-electron chi connectivity index (χ0n) is 16.3. The molecule has 0 spiro atoms. The van der Waals surface area contributed by atoms with Gasteiger partial charge in [-0.2, -0.15) is 10.2 Å². The summed E-state index contributed by atoms with van der Waals surface area (Å²) in [6.45, 7) is -0.334. The summed E-state index contributed by atoms with van der Waals surface area (Å²) in [5.41, 5.74) is 1.31. The summed E-state index contributed by atoms with van der Waals surface area (Å²) in [6, 6.07) is 11.1. The quantitative estimate of drug-likeness (QED) is 0.536. The van der Waals surface area contributed by atoms with Crippen molar-refractivity contribution in [2.45, 2.75) is 25.3 Å². The second-order valence-electron chi connectivity index (χ2n) is 7.48.